The smallest absolute Gasteiger partial charge is 0.756 e. The van der Waals surface area contributed by atoms with E-state index in [1.807, 2.05) is 0 Å². The van der Waals surface area contributed by atoms with Gasteiger partial charge in [-0.05, 0) is 64.2 Å². The number of hydrogen-bond acceptors (Lipinski definition) is 9. The summed E-state index contributed by atoms with van der Waals surface area (Å²) in [7, 11) is -4.70. The summed E-state index contributed by atoms with van der Waals surface area (Å²) in [6.07, 6.45) is 38.7. The number of hydrogen-bond donors (Lipinski definition) is 1. The van der Waals surface area contributed by atoms with Crippen LogP contribution in [0.3, 0.4) is 0 Å². The van der Waals surface area contributed by atoms with Gasteiger partial charge in [-0.15, -0.1) is 0 Å². The van der Waals surface area contributed by atoms with E-state index in [0.717, 1.165) is 64.2 Å². The van der Waals surface area contributed by atoms with Gasteiger partial charge >= 0.3 is 41.5 Å². The zero-order chi connectivity index (χ0) is 37.5. The van der Waals surface area contributed by atoms with Gasteiger partial charge in [0.15, 0.2) is 6.10 Å². The van der Waals surface area contributed by atoms with E-state index >= 15 is 0 Å². The summed E-state index contributed by atoms with van der Waals surface area (Å²) in [6.45, 7) is 2.72. The third kappa shape index (κ3) is 40.7. The number of phosphoric acid groups is 1. The fraction of sp³-hybridized carbons (Fsp3) is 0.854. The largest absolute Gasteiger partial charge is 1.00 e. The second-order valence-corrected chi connectivity index (χ2v) is 15.2. The Morgan fingerprint density at radius 2 is 0.962 bits per heavy atom. The SMILES string of the molecule is CCCCCCCC/C=C/CCCCCCCC(=O)OCC(COP(=O)([O-])OCCO)OC(=O)CCCCCCC/C=C/CCCCCCCC.[Na+]. The molecule has 300 valence electrons. The molecule has 0 spiro atoms. The van der Waals surface area contributed by atoms with Crippen molar-refractivity contribution in [3.63, 3.8) is 0 Å². The van der Waals surface area contributed by atoms with Crippen LogP contribution < -0.4 is 34.5 Å². The first-order valence-electron chi connectivity index (χ1n) is 20.7. The van der Waals surface area contributed by atoms with Gasteiger partial charge in [0.1, 0.15) is 6.61 Å². The van der Waals surface area contributed by atoms with Crippen LogP contribution in [-0.2, 0) is 32.7 Å². The molecule has 0 radical (unpaired) electrons. The monoisotopic (exact) mass is 767 g/mol. The molecular weight excluding hydrogens is 690 g/mol. The van der Waals surface area contributed by atoms with E-state index in [-0.39, 0.29) is 49.0 Å². The van der Waals surface area contributed by atoms with Crippen LogP contribution in [0.15, 0.2) is 24.3 Å². The van der Waals surface area contributed by atoms with Crippen molar-refractivity contribution in [1.82, 2.24) is 0 Å². The number of carbonyl (C=O) groups excluding carboxylic acids is 2. The minimum absolute atomic E-state index is 0. The Balaban J connectivity index is 0. The predicted molar refractivity (Wildman–Crippen MR) is 206 cm³/mol. The van der Waals surface area contributed by atoms with Crippen LogP contribution in [-0.4, -0.2) is 49.6 Å². The standard InChI is InChI=1S/C41H77O9P.Na/c1-3-5-7-9-11-13-15-17-19-21-23-25-27-29-31-33-40(43)47-37-39(38-49-51(45,46)48-36-35-42)50-41(44)34-32-30-28-26-24-22-20-18-16-14-12-10-8-6-4-2;/h17-20,39,42H,3-16,21-38H2,1-2H3,(H,45,46);/q;+1/p-1/b19-17+,20-18+;. The molecule has 0 saturated carbocycles. The predicted octanol–water partition coefficient (Wildman–Crippen LogP) is 8.01. The van der Waals surface area contributed by atoms with E-state index in [1.54, 1.807) is 0 Å². The second kappa shape index (κ2) is 41.6. The van der Waals surface area contributed by atoms with E-state index in [0.29, 0.717) is 12.8 Å². The average molecular weight is 767 g/mol. The first-order valence-corrected chi connectivity index (χ1v) is 22.2. The maximum absolute atomic E-state index is 12.5. The van der Waals surface area contributed by atoms with Crippen LogP contribution in [0.1, 0.15) is 194 Å². The molecule has 0 bridgehead atoms. The molecule has 0 heterocycles. The molecule has 2 atom stereocenters. The van der Waals surface area contributed by atoms with Crippen LogP contribution >= 0.6 is 7.82 Å². The normalized spacial score (nSPS) is 13.3. The molecule has 0 aromatic rings. The van der Waals surface area contributed by atoms with Crippen LogP contribution in [0.4, 0.5) is 0 Å². The van der Waals surface area contributed by atoms with Gasteiger partial charge in [-0.2, -0.15) is 0 Å². The number of allylic oxidation sites excluding steroid dienone is 4. The number of ether oxygens (including phenoxy) is 2. The maximum atomic E-state index is 12.5. The van der Waals surface area contributed by atoms with E-state index in [2.05, 4.69) is 42.7 Å². The van der Waals surface area contributed by atoms with Crippen molar-refractivity contribution in [3.05, 3.63) is 24.3 Å². The number of esters is 2. The molecule has 0 amide bonds. The molecule has 0 aliphatic rings. The molecule has 0 saturated heterocycles. The Labute approximate surface area is 340 Å². The summed E-state index contributed by atoms with van der Waals surface area (Å²) in [4.78, 5) is 36.8. The molecule has 0 fully saturated rings. The molecule has 0 aliphatic carbocycles. The number of carbonyl (C=O) groups is 2. The zero-order valence-corrected chi connectivity index (χ0v) is 36.6. The first kappa shape index (κ1) is 53.6. The van der Waals surface area contributed by atoms with Crippen LogP contribution in [0.25, 0.3) is 0 Å². The van der Waals surface area contributed by atoms with Crippen molar-refractivity contribution >= 4 is 19.8 Å². The average Bonchev–Trinajstić information content (AvgIpc) is 3.11. The van der Waals surface area contributed by atoms with E-state index in [9.17, 15) is 19.0 Å². The van der Waals surface area contributed by atoms with Gasteiger partial charge < -0.3 is 28.5 Å². The minimum Gasteiger partial charge on any atom is -0.756 e. The summed E-state index contributed by atoms with van der Waals surface area (Å²) in [6, 6.07) is 0. The molecule has 1 N–H and O–H groups in total. The third-order valence-corrected chi connectivity index (χ3v) is 9.74. The zero-order valence-electron chi connectivity index (χ0n) is 33.7. The van der Waals surface area contributed by atoms with Gasteiger partial charge in [0.25, 0.3) is 7.82 Å². The molecule has 0 aromatic heterocycles. The number of phosphoric ester groups is 1. The Hall–Kier alpha value is -0.510. The minimum atomic E-state index is -4.70. The van der Waals surface area contributed by atoms with Crippen LogP contribution in [0, 0.1) is 0 Å². The van der Waals surface area contributed by atoms with E-state index in [1.165, 1.54) is 89.9 Å². The second-order valence-electron chi connectivity index (χ2n) is 13.8. The van der Waals surface area contributed by atoms with Gasteiger partial charge in [0.05, 0.1) is 19.8 Å². The topological polar surface area (TPSA) is 131 Å². The van der Waals surface area contributed by atoms with Crippen molar-refractivity contribution in [2.24, 2.45) is 0 Å². The molecule has 11 heteroatoms. The van der Waals surface area contributed by atoms with Crippen molar-refractivity contribution in [2.75, 3.05) is 26.4 Å². The van der Waals surface area contributed by atoms with Gasteiger partial charge in [-0.3, -0.25) is 14.2 Å². The summed E-state index contributed by atoms with van der Waals surface area (Å²) in [5.74, 6) is -0.917. The third-order valence-electron chi connectivity index (χ3n) is 8.77. The number of unbranched alkanes of at least 4 members (excludes halogenated alkanes) is 22. The number of aliphatic hydroxyl groups excluding tert-OH is 1. The van der Waals surface area contributed by atoms with Crippen LogP contribution in [0.2, 0.25) is 0 Å². The molecule has 9 nitrogen and oxygen atoms in total. The quantitative estimate of drug-likeness (QED) is 0.0217. The Kier molecular flexibility index (Phi) is 42.9. The fourth-order valence-corrected chi connectivity index (χ4v) is 6.39. The molecule has 0 aliphatic heterocycles. The molecule has 52 heavy (non-hydrogen) atoms. The van der Waals surface area contributed by atoms with Crippen LogP contribution in [0.5, 0.6) is 0 Å². The van der Waals surface area contributed by atoms with Crippen molar-refractivity contribution in [3.8, 4) is 0 Å². The van der Waals surface area contributed by atoms with E-state index in [4.69, 9.17) is 19.1 Å². The summed E-state index contributed by atoms with van der Waals surface area (Å²) < 4.78 is 32.0. The number of rotatable bonds is 39. The first-order chi connectivity index (χ1) is 24.8. The van der Waals surface area contributed by atoms with Crippen molar-refractivity contribution in [1.29, 1.82) is 0 Å². The Bertz CT molecular complexity index is 899. The van der Waals surface area contributed by atoms with Gasteiger partial charge in [0.2, 0.25) is 0 Å². The van der Waals surface area contributed by atoms with Crippen molar-refractivity contribution in [2.45, 2.75) is 200 Å². The number of aliphatic hydroxyl groups is 1. The maximum Gasteiger partial charge on any atom is 1.00 e. The van der Waals surface area contributed by atoms with Gasteiger partial charge in [-0.25, -0.2) is 0 Å². The fourth-order valence-electron chi connectivity index (χ4n) is 5.66. The molecule has 0 rings (SSSR count). The Morgan fingerprint density at radius 1 is 0.577 bits per heavy atom. The molecular formula is C41H76NaO9P. The Morgan fingerprint density at radius 3 is 1.38 bits per heavy atom. The summed E-state index contributed by atoms with van der Waals surface area (Å²) in [5.41, 5.74) is 0. The van der Waals surface area contributed by atoms with Gasteiger partial charge in [-0.1, -0.05) is 141 Å². The van der Waals surface area contributed by atoms with Crippen molar-refractivity contribution < 1.29 is 72.2 Å². The summed E-state index contributed by atoms with van der Waals surface area (Å²) >= 11 is 0. The summed E-state index contributed by atoms with van der Waals surface area (Å²) in [5, 5.41) is 8.83. The molecule has 2 unspecified atom stereocenters. The van der Waals surface area contributed by atoms with Gasteiger partial charge in [0, 0.05) is 12.8 Å². The molecule has 0 aromatic carbocycles. The van der Waals surface area contributed by atoms with E-state index < -0.39 is 45.7 Å².